The second-order valence-electron chi connectivity index (χ2n) is 5.78. The van der Waals surface area contributed by atoms with Crippen molar-refractivity contribution in [1.29, 1.82) is 0 Å². The van der Waals surface area contributed by atoms with Crippen LogP contribution in [0, 0.1) is 13.8 Å². The third-order valence-corrected chi connectivity index (χ3v) is 3.97. The summed E-state index contributed by atoms with van der Waals surface area (Å²) in [5.74, 6) is 2.44. The van der Waals surface area contributed by atoms with E-state index in [4.69, 9.17) is 9.47 Å². The molecule has 0 saturated heterocycles. The van der Waals surface area contributed by atoms with Gasteiger partial charge in [0.25, 0.3) is 0 Å². The number of benzene rings is 2. The number of aromatic nitrogens is 3. The van der Waals surface area contributed by atoms with Crippen LogP contribution in [0.25, 0.3) is 0 Å². The average molecular weight is 335 g/mol. The Hall–Kier alpha value is -3.35. The Morgan fingerprint density at radius 3 is 2.56 bits per heavy atom. The first kappa shape index (κ1) is 15.2. The predicted molar refractivity (Wildman–Crippen MR) is 94.9 cm³/mol. The van der Waals surface area contributed by atoms with E-state index in [1.165, 1.54) is 11.1 Å². The van der Waals surface area contributed by atoms with Gasteiger partial charge in [0.1, 0.15) is 0 Å². The van der Waals surface area contributed by atoms with Crippen LogP contribution in [0.3, 0.4) is 0 Å². The first-order valence-corrected chi connectivity index (χ1v) is 7.88. The minimum atomic E-state index is 0.242. The van der Waals surface area contributed by atoms with Gasteiger partial charge in [-0.3, -0.25) is 0 Å². The minimum Gasteiger partial charge on any atom is -0.454 e. The summed E-state index contributed by atoms with van der Waals surface area (Å²) in [5.41, 5.74) is 4.22. The third kappa shape index (κ3) is 3.30. The van der Waals surface area contributed by atoms with E-state index < -0.39 is 0 Å². The Morgan fingerprint density at radius 2 is 1.68 bits per heavy atom. The van der Waals surface area contributed by atoms with Crippen LogP contribution in [0.4, 0.5) is 23.1 Å². The average Bonchev–Trinajstić information content (AvgIpc) is 3.06. The summed E-state index contributed by atoms with van der Waals surface area (Å²) < 4.78 is 10.7. The van der Waals surface area contributed by atoms with Crippen molar-refractivity contribution in [3.05, 3.63) is 53.7 Å². The molecule has 2 N–H and O–H groups in total. The maximum absolute atomic E-state index is 5.37. The zero-order chi connectivity index (χ0) is 17.2. The molecule has 2 heterocycles. The van der Waals surface area contributed by atoms with Crippen LogP contribution in [-0.2, 0) is 0 Å². The summed E-state index contributed by atoms with van der Waals surface area (Å²) >= 11 is 0. The van der Waals surface area contributed by atoms with E-state index in [1.54, 1.807) is 6.20 Å². The van der Waals surface area contributed by atoms with E-state index in [0.29, 0.717) is 17.5 Å². The SMILES string of the molecule is Cc1ccc(Nc2cnnc(Nc3ccc4c(c3)OCO4)n2)cc1C. The van der Waals surface area contributed by atoms with Gasteiger partial charge < -0.3 is 20.1 Å². The lowest BCUT2D eigenvalue weighted by molar-refractivity contribution is 0.174. The molecule has 1 aliphatic rings. The summed E-state index contributed by atoms with van der Waals surface area (Å²) in [4.78, 5) is 4.44. The highest BCUT2D eigenvalue weighted by Gasteiger charge is 2.13. The minimum absolute atomic E-state index is 0.242. The van der Waals surface area contributed by atoms with Crippen LogP contribution in [0.2, 0.25) is 0 Å². The van der Waals surface area contributed by atoms with Crippen LogP contribution < -0.4 is 20.1 Å². The number of nitrogens with zero attached hydrogens (tertiary/aromatic N) is 3. The maximum Gasteiger partial charge on any atom is 0.249 e. The van der Waals surface area contributed by atoms with Gasteiger partial charge in [-0.05, 0) is 49.2 Å². The van der Waals surface area contributed by atoms with E-state index in [-0.39, 0.29) is 6.79 Å². The van der Waals surface area contributed by atoms with Crippen molar-refractivity contribution in [3.63, 3.8) is 0 Å². The smallest absolute Gasteiger partial charge is 0.249 e. The Labute approximate surface area is 145 Å². The molecule has 0 aliphatic carbocycles. The monoisotopic (exact) mass is 335 g/mol. The zero-order valence-electron chi connectivity index (χ0n) is 13.9. The number of ether oxygens (including phenoxy) is 2. The molecule has 1 aliphatic heterocycles. The fourth-order valence-electron chi connectivity index (χ4n) is 2.49. The lowest BCUT2D eigenvalue weighted by Gasteiger charge is -2.09. The molecule has 7 heteroatoms. The zero-order valence-corrected chi connectivity index (χ0v) is 13.9. The van der Waals surface area contributed by atoms with Gasteiger partial charge in [-0.15, -0.1) is 5.10 Å². The molecule has 0 bridgehead atoms. The first-order chi connectivity index (χ1) is 12.2. The molecule has 0 unspecified atom stereocenters. The molecule has 0 amide bonds. The molecular weight excluding hydrogens is 318 g/mol. The summed E-state index contributed by atoms with van der Waals surface area (Å²) in [6.07, 6.45) is 1.58. The Kier molecular flexibility index (Phi) is 3.81. The molecular formula is C18H17N5O2. The quantitative estimate of drug-likeness (QED) is 0.752. The summed E-state index contributed by atoms with van der Waals surface area (Å²) in [6.45, 7) is 4.40. The number of anilines is 4. The van der Waals surface area contributed by atoms with Crippen molar-refractivity contribution in [1.82, 2.24) is 15.2 Å². The van der Waals surface area contributed by atoms with Crippen molar-refractivity contribution in [2.24, 2.45) is 0 Å². The van der Waals surface area contributed by atoms with E-state index >= 15 is 0 Å². The predicted octanol–water partition coefficient (Wildman–Crippen LogP) is 3.70. The molecule has 2 aromatic carbocycles. The fourth-order valence-corrected chi connectivity index (χ4v) is 2.49. The Morgan fingerprint density at radius 1 is 0.880 bits per heavy atom. The maximum atomic E-state index is 5.37. The van der Waals surface area contributed by atoms with E-state index in [1.807, 2.05) is 24.3 Å². The number of fused-ring (bicyclic) bond motifs is 1. The van der Waals surface area contributed by atoms with Crippen LogP contribution >= 0.6 is 0 Å². The van der Waals surface area contributed by atoms with Crippen LogP contribution in [-0.4, -0.2) is 22.0 Å². The second kappa shape index (κ2) is 6.27. The number of rotatable bonds is 4. The topological polar surface area (TPSA) is 81.2 Å². The van der Waals surface area contributed by atoms with Gasteiger partial charge in [0.15, 0.2) is 17.3 Å². The molecule has 0 atom stereocenters. The third-order valence-electron chi connectivity index (χ3n) is 3.97. The number of aryl methyl sites for hydroxylation is 2. The van der Waals surface area contributed by atoms with Crippen LogP contribution in [0.5, 0.6) is 11.5 Å². The lowest BCUT2D eigenvalue weighted by atomic mass is 10.1. The van der Waals surface area contributed by atoms with Crippen LogP contribution in [0.1, 0.15) is 11.1 Å². The van der Waals surface area contributed by atoms with Crippen molar-refractivity contribution in [3.8, 4) is 11.5 Å². The summed E-state index contributed by atoms with van der Waals surface area (Å²) in [7, 11) is 0. The first-order valence-electron chi connectivity index (χ1n) is 7.88. The number of hydrogen-bond donors (Lipinski definition) is 2. The van der Waals surface area contributed by atoms with Crippen molar-refractivity contribution >= 4 is 23.1 Å². The molecule has 7 nitrogen and oxygen atoms in total. The van der Waals surface area contributed by atoms with Crippen molar-refractivity contribution in [2.45, 2.75) is 13.8 Å². The number of nitrogens with one attached hydrogen (secondary N) is 2. The molecule has 0 fully saturated rings. The molecule has 25 heavy (non-hydrogen) atoms. The van der Waals surface area contributed by atoms with Gasteiger partial charge >= 0.3 is 0 Å². The highest BCUT2D eigenvalue weighted by molar-refractivity contribution is 5.62. The van der Waals surface area contributed by atoms with Crippen molar-refractivity contribution < 1.29 is 9.47 Å². The largest absolute Gasteiger partial charge is 0.454 e. The Bertz CT molecular complexity index is 929. The molecule has 1 aromatic heterocycles. The lowest BCUT2D eigenvalue weighted by Crippen LogP contribution is -2.02. The molecule has 0 saturated carbocycles. The molecule has 3 aromatic rings. The fraction of sp³-hybridized carbons (Fsp3) is 0.167. The number of hydrogen-bond acceptors (Lipinski definition) is 7. The van der Waals surface area contributed by atoms with Gasteiger partial charge in [0.2, 0.25) is 12.7 Å². The van der Waals surface area contributed by atoms with Gasteiger partial charge in [-0.2, -0.15) is 10.1 Å². The normalized spacial score (nSPS) is 12.1. The highest BCUT2D eigenvalue weighted by Crippen LogP contribution is 2.34. The van der Waals surface area contributed by atoms with E-state index in [9.17, 15) is 0 Å². The van der Waals surface area contributed by atoms with Gasteiger partial charge in [0.05, 0.1) is 6.20 Å². The van der Waals surface area contributed by atoms with Gasteiger partial charge in [-0.25, -0.2) is 0 Å². The van der Waals surface area contributed by atoms with Crippen molar-refractivity contribution in [2.75, 3.05) is 17.4 Å². The van der Waals surface area contributed by atoms with Gasteiger partial charge in [0, 0.05) is 17.4 Å². The highest BCUT2D eigenvalue weighted by atomic mass is 16.7. The van der Waals surface area contributed by atoms with E-state index in [2.05, 4.69) is 51.8 Å². The molecule has 0 spiro atoms. The van der Waals surface area contributed by atoms with Gasteiger partial charge in [-0.1, -0.05) is 6.07 Å². The van der Waals surface area contributed by atoms with E-state index in [0.717, 1.165) is 17.1 Å². The molecule has 4 rings (SSSR count). The summed E-state index contributed by atoms with van der Waals surface area (Å²) in [5, 5.41) is 14.4. The second-order valence-corrected chi connectivity index (χ2v) is 5.78. The van der Waals surface area contributed by atoms with Crippen LogP contribution in [0.15, 0.2) is 42.6 Å². The Balaban J connectivity index is 1.52. The molecule has 126 valence electrons. The standard InChI is InChI=1S/C18H17N5O2/c1-11-3-4-13(7-12(11)2)20-17-9-19-23-18(22-17)21-14-5-6-15-16(8-14)25-10-24-15/h3-9H,10H2,1-2H3,(H2,20,21,22,23). The summed E-state index contributed by atoms with van der Waals surface area (Å²) in [6, 6.07) is 11.7. The molecule has 0 radical (unpaired) electrons.